The molecule has 2 heterocycles. The molecular weight excluding hydrogens is 128 g/mol. The number of anilines is 1. The van der Waals surface area contributed by atoms with Crippen LogP contribution < -0.4 is 5.32 Å². The molecule has 0 saturated carbocycles. The fourth-order valence-corrected chi connectivity index (χ4v) is 0.975. The Hall–Kier alpha value is -1.38. The Balaban J connectivity index is 2.51. The maximum Gasteiger partial charge on any atom is 0.230 e. The Morgan fingerprint density at radius 1 is 1.70 bits per heavy atom. The molecule has 10 heavy (non-hydrogen) atoms. The highest BCUT2D eigenvalue weighted by Gasteiger charge is 2.17. The Kier molecular flexibility index (Phi) is 0.974. The molecule has 0 saturated heterocycles. The van der Waals surface area contributed by atoms with Gasteiger partial charge in [0, 0.05) is 11.8 Å². The number of carbonyl (C=O) groups is 1. The zero-order valence-electron chi connectivity index (χ0n) is 5.22. The number of hydrogen-bond donors (Lipinski definition) is 1. The Morgan fingerprint density at radius 3 is 3.40 bits per heavy atom. The van der Waals surface area contributed by atoms with E-state index < -0.39 is 0 Å². The molecule has 3 nitrogen and oxygen atoms in total. The summed E-state index contributed by atoms with van der Waals surface area (Å²) in [6.07, 6.45) is 2.04. The zero-order valence-corrected chi connectivity index (χ0v) is 5.22. The minimum absolute atomic E-state index is 0.00458. The highest BCUT2D eigenvalue weighted by Crippen LogP contribution is 2.17. The van der Waals surface area contributed by atoms with Crippen LogP contribution in [0, 0.1) is 6.07 Å². The lowest BCUT2D eigenvalue weighted by atomic mass is 10.2. The van der Waals surface area contributed by atoms with Crippen molar-refractivity contribution in [3.63, 3.8) is 0 Å². The number of fused-ring (bicyclic) bond motifs is 1. The lowest BCUT2D eigenvalue weighted by Gasteiger charge is -1.91. The van der Waals surface area contributed by atoms with E-state index in [0.717, 1.165) is 5.56 Å². The second-order valence-electron chi connectivity index (χ2n) is 2.14. The third-order valence-electron chi connectivity index (χ3n) is 1.42. The van der Waals surface area contributed by atoms with Crippen LogP contribution in [0.25, 0.3) is 0 Å². The van der Waals surface area contributed by atoms with Gasteiger partial charge < -0.3 is 5.32 Å². The van der Waals surface area contributed by atoms with Gasteiger partial charge in [0.05, 0.1) is 6.42 Å². The van der Waals surface area contributed by atoms with Crippen molar-refractivity contribution in [1.82, 2.24) is 4.98 Å². The molecule has 1 aromatic rings. The molecule has 1 amide bonds. The van der Waals surface area contributed by atoms with Crippen LogP contribution in [0.15, 0.2) is 12.3 Å². The summed E-state index contributed by atoms with van der Waals surface area (Å²) in [5.74, 6) is 0.664. The molecule has 49 valence electrons. The predicted octanol–water partition coefficient (Wildman–Crippen LogP) is 0.376. The van der Waals surface area contributed by atoms with Gasteiger partial charge in [0.1, 0.15) is 5.82 Å². The van der Waals surface area contributed by atoms with E-state index in [1.54, 1.807) is 12.3 Å². The number of carbonyl (C=O) groups excluding carboxylic acids is 1. The topological polar surface area (TPSA) is 42.0 Å². The van der Waals surface area contributed by atoms with Crippen molar-refractivity contribution in [3.8, 4) is 0 Å². The van der Waals surface area contributed by atoms with E-state index in [1.165, 1.54) is 0 Å². The normalized spacial score (nSPS) is 14.6. The summed E-state index contributed by atoms with van der Waals surface area (Å²) in [5, 5.41) is 2.62. The molecule has 0 fully saturated rings. The van der Waals surface area contributed by atoms with Crippen LogP contribution in [0.4, 0.5) is 5.82 Å². The molecule has 3 heteroatoms. The molecule has 1 N–H and O–H groups in total. The van der Waals surface area contributed by atoms with Crippen molar-refractivity contribution in [2.45, 2.75) is 6.42 Å². The first kappa shape index (κ1) is 5.41. The van der Waals surface area contributed by atoms with Gasteiger partial charge in [0.25, 0.3) is 0 Å². The number of rotatable bonds is 0. The van der Waals surface area contributed by atoms with Gasteiger partial charge in [-0.1, -0.05) is 0 Å². The quantitative estimate of drug-likeness (QED) is 0.555. The van der Waals surface area contributed by atoms with Gasteiger partial charge >= 0.3 is 0 Å². The van der Waals surface area contributed by atoms with E-state index in [2.05, 4.69) is 16.4 Å². The van der Waals surface area contributed by atoms with Crippen LogP contribution in [-0.2, 0) is 11.2 Å². The molecule has 1 aliphatic heterocycles. The monoisotopic (exact) mass is 133 g/mol. The average Bonchev–Trinajstić information content (AvgIpc) is 2.27. The summed E-state index contributed by atoms with van der Waals surface area (Å²) in [4.78, 5) is 14.7. The minimum Gasteiger partial charge on any atom is -0.310 e. The highest BCUT2D eigenvalue weighted by atomic mass is 16.1. The van der Waals surface area contributed by atoms with E-state index in [-0.39, 0.29) is 5.91 Å². The molecule has 0 spiro atoms. The number of aromatic nitrogens is 1. The molecule has 0 bridgehead atoms. The molecule has 2 rings (SSSR count). The molecule has 1 aromatic heterocycles. The fourth-order valence-electron chi connectivity index (χ4n) is 0.975. The minimum atomic E-state index is 0.00458. The number of hydrogen-bond acceptors (Lipinski definition) is 2. The van der Waals surface area contributed by atoms with Crippen LogP contribution in [0.2, 0.25) is 0 Å². The average molecular weight is 133 g/mol. The van der Waals surface area contributed by atoms with Gasteiger partial charge in [-0.15, -0.1) is 0 Å². The van der Waals surface area contributed by atoms with E-state index in [0.29, 0.717) is 12.2 Å². The molecule has 1 radical (unpaired) electrons. The van der Waals surface area contributed by atoms with Gasteiger partial charge in [0.15, 0.2) is 0 Å². The number of amides is 1. The van der Waals surface area contributed by atoms with Crippen molar-refractivity contribution in [2.75, 3.05) is 5.32 Å². The van der Waals surface area contributed by atoms with Crippen LogP contribution in [0.5, 0.6) is 0 Å². The molecular formula is C7H5N2O. The van der Waals surface area contributed by atoms with Crippen LogP contribution in [-0.4, -0.2) is 10.9 Å². The molecule has 0 atom stereocenters. The largest absolute Gasteiger partial charge is 0.310 e. The second-order valence-corrected chi connectivity index (χ2v) is 2.14. The summed E-state index contributed by atoms with van der Waals surface area (Å²) < 4.78 is 0. The van der Waals surface area contributed by atoms with E-state index in [9.17, 15) is 4.79 Å². The van der Waals surface area contributed by atoms with Gasteiger partial charge in [-0.25, -0.2) is 4.98 Å². The maximum atomic E-state index is 10.7. The van der Waals surface area contributed by atoms with Crippen molar-refractivity contribution in [2.24, 2.45) is 0 Å². The fraction of sp³-hybridized carbons (Fsp3) is 0.143. The maximum absolute atomic E-state index is 10.7. The highest BCUT2D eigenvalue weighted by molar-refractivity contribution is 5.97. The molecule has 1 aliphatic rings. The molecule has 0 aromatic carbocycles. The van der Waals surface area contributed by atoms with Crippen molar-refractivity contribution < 1.29 is 4.79 Å². The molecule has 0 unspecified atom stereocenters. The van der Waals surface area contributed by atoms with Crippen LogP contribution in [0.1, 0.15) is 5.56 Å². The SMILES string of the molecule is O=C1Cc2[c]ccnc2N1. The Labute approximate surface area is 58.1 Å². The summed E-state index contributed by atoms with van der Waals surface area (Å²) in [6.45, 7) is 0. The van der Waals surface area contributed by atoms with Crippen molar-refractivity contribution in [1.29, 1.82) is 0 Å². The van der Waals surface area contributed by atoms with E-state index in [1.807, 2.05) is 0 Å². The first-order chi connectivity index (χ1) is 4.86. The van der Waals surface area contributed by atoms with Gasteiger partial charge in [-0.3, -0.25) is 4.79 Å². The summed E-state index contributed by atoms with van der Waals surface area (Å²) in [6, 6.07) is 4.64. The lowest BCUT2D eigenvalue weighted by molar-refractivity contribution is -0.115. The van der Waals surface area contributed by atoms with Crippen molar-refractivity contribution in [3.05, 3.63) is 23.9 Å². The Bertz CT molecular complexity index is 256. The third kappa shape index (κ3) is 0.673. The number of pyridine rings is 1. The lowest BCUT2D eigenvalue weighted by Crippen LogP contribution is -2.04. The molecule has 0 aliphatic carbocycles. The third-order valence-corrected chi connectivity index (χ3v) is 1.42. The summed E-state index contributed by atoms with van der Waals surface area (Å²) >= 11 is 0. The summed E-state index contributed by atoms with van der Waals surface area (Å²) in [7, 11) is 0. The van der Waals surface area contributed by atoms with Crippen LogP contribution >= 0.6 is 0 Å². The zero-order chi connectivity index (χ0) is 6.97. The van der Waals surface area contributed by atoms with Crippen molar-refractivity contribution >= 4 is 11.7 Å². The number of nitrogens with zero attached hydrogens (tertiary/aromatic N) is 1. The van der Waals surface area contributed by atoms with E-state index >= 15 is 0 Å². The second kappa shape index (κ2) is 1.80. The van der Waals surface area contributed by atoms with Gasteiger partial charge in [0.2, 0.25) is 5.91 Å². The smallest absolute Gasteiger partial charge is 0.230 e. The Morgan fingerprint density at radius 2 is 2.60 bits per heavy atom. The summed E-state index contributed by atoms with van der Waals surface area (Å²) in [5.41, 5.74) is 0.868. The van der Waals surface area contributed by atoms with Gasteiger partial charge in [-0.05, 0) is 12.1 Å². The number of nitrogens with one attached hydrogen (secondary N) is 1. The van der Waals surface area contributed by atoms with E-state index in [4.69, 9.17) is 0 Å². The van der Waals surface area contributed by atoms with Gasteiger partial charge in [-0.2, -0.15) is 0 Å². The predicted molar refractivity (Wildman–Crippen MR) is 35.4 cm³/mol. The first-order valence-corrected chi connectivity index (χ1v) is 3.02. The standard InChI is InChI=1S/C7H5N2O/c10-6-4-5-2-1-3-8-7(5)9-6/h1,3H,4H2,(H,8,9,10). The van der Waals surface area contributed by atoms with Crippen LogP contribution in [0.3, 0.4) is 0 Å². The first-order valence-electron chi connectivity index (χ1n) is 3.02.